The number of aromatic nitrogens is 2. The maximum absolute atomic E-state index is 13.7. The minimum Gasteiger partial charge on any atom is -0.493 e. The van der Waals surface area contributed by atoms with Crippen molar-refractivity contribution < 1.29 is 19.1 Å². The highest BCUT2D eigenvalue weighted by molar-refractivity contribution is 5.94. The van der Waals surface area contributed by atoms with Gasteiger partial charge in [0, 0.05) is 31.3 Å². The molecular weight excluding hydrogens is 500 g/mol. The highest BCUT2D eigenvalue weighted by Gasteiger charge is 2.20. The molecule has 0 unspecified atom stereocenters. The Morgan fingerprint density at radius 2 is 1.56 bits per heavy atom. The lowest BCUT2D eigenvalue weighted by Gasteiger charge is -2.21. The Morgan fingerprint density at radius 3 is 2.13 bits per heavy atom. The van der Waals surface area contributed by atoms with E-state index in [2.05, 4.69) is 19.2 Å². The molecule has 2 amide bonds. The molecule has 0 aliphatic carbocycles. The van der Waals surface area contributed by atoms with Crippen LogP contribution in [0, 0.1) is 5.92 Å². The highest BCUT2D eigenvalue weighted by atomic mass is 16.5. The fourth-order valence-corrected chi connectivity index (χ4v) is 4.37. The van der Waals surface area contributed by atoms with Crippen molar-refractivity contribution in [2.24, 2.45) is 5.92 Å². The van der Waals surface area contributed by atoms with Crippen molar-refractivity contribution in [2.75, 3.05) is 33.9 Å². The smallest absolute Gasteiger partial charge is 0.332 e. The van der Waals surface area contributed by atoms with Crippen LogP contribution in [0.3, 0.4) is 0 Å². The molecule has 0 spiro atoms. The number of methoxy groups -OCH3 is 2. The van der Waals surface area contributed by atoms with Crippen LogP contribution in [0.15, 0.2) is 46.0 Å². The van der Waals surface area contributed by atoms with E-state index in [-0.39, 0.29) is 35.8 Å². The summed E-state index contributed by atoms with van der Waals surface area (Å²) in [5.74, 6) is 0.745. The Balaban J connectivity index is 2.05. The van der Waals surface area contributed by atoms with Gasteiger partial charge in [0.1, 0.15) is 6.54 Å². The number of fused-ring (bicyclic) bond motifs is 1. The molecule has 10 nitrogen and oxygen atoms in total. The topological polar surface area (TPSA) is 112 Å². The third-order valence-electron chi connectivity index (χ3n) is 6.70. The molecule has 0 saturated heterocycles. The van der Waals surface area contributed by atoms with Crippen molar-refractivity contribution in [3.63, 3.8) is 0 Å². The molecule has 3 aromatic rings. The first-order valence-electron chi connectivity index (χ1n) is 13.2. The molecule has 0 bridgehead atoms. The molecule has 0 atom stereocenters. The number of likely N-dealkylation sites (N-methyl/N-ethyl adjacent to an activating group) is 1. The van der Waals surface area contributed by atoms with E-state index in [1.807, 2.05) is 13.8 Å². The van der Waals surface area contributed by atoms with Gasteiger partial charge >= 0.3 is 5.69 Å². The van der Waals surface area contributed by atoms with Gasteiger partial charge in [-0.3, -0.25) is 23.5 Å². The van der Waals surface area contributed by atoms with Gasteiger partial charge in [-0.25, -0.2) is 4.79 Å². The van der Waals surface area contributed by atoms with Gasteiger partial charge in [0.15, 0.2) is 11.5 Å². The summed E-state index contributed by atoms with van der Waals surface area (Å²) < 4.78 is 13.2. The van der Waals surface area contributed by atoms with Gasteiger partial charge in [0.05, 0.1) is 31.7 Å². The average Bonchev–Trinajstić information content (AvgIpc) is 2.93. The molecule has 0 radical (unpaired) electrons. The molecule has 210 valence electrons. The number of nitrogens with zero attached hydrogens (tertiary/aromatic N) is 3. The number of hydrogen-bond acceptors (Lipinski definition) is 6. The van der Waals surface area contributed by atoms with Crippen LogP contribution in [0.5, 0.6) is 11.5 Å². The standard InChI is InChI=1S/C29H38N4O6/c1-7-31(8-2)26(34)18-32-23-16-25(39-6)24(38-5)15-22(23)28(36)33(29(32)37)17-20-9-11-21(12-10-20)27(35)30-14-13-19(3)4/h9-12,15-16,19H,7-8,13-14,17-18H2,1-6H3,(H,30,35). The first-order valence-corrected chi connectivity index (χ1v) is 13.2. The summed E-state index contributed by atoms with van der Waals surface area (Å²) in [6.45, 7) is 9.23. The summed E-state index contributed by atoms with van der Waals surface area (Å²) in [5.41, 5.74) is 0.309. The summed E-state index contributed by atoms with van der Waals surface area (Å²) in [7, 11) is 2.92. The summed E-state index contributed by atoms with van der Waals surface area (Å²) in [6, 6.07) is 9.84. The van der Waals surface area contributed by atoms with Crippen molar-refractivity contribution in [2.45, 2.75) is 47.2 Å². The van der Waals surface area contributed by atoms with E-state index in [9.17, 15) is 19.2 Å². The van der Waals surface area contributed by atoms with E-state index < -0.39 is 11.2 Å². The van der Waals surface area contributed by atoms with Gasteiger partial charge in [-0.2, -0.15) is 0 Å². The molecular formula is C29H38N4O6. The van der Waals surface area contributed by atoms with E-state index >= 15 is 0 Å². The number of amides is 2. The van der Waals surface area contributed by atoms with Crippen molar-refractivity contribution in [3.8, 4) is 11.5 Å². The molecule has 10 heteroatoms. The fourth-order valence-electron chi connectivity index (χ4n) is 4.37. The quantitative estimate of drug-likeness (QED) is 0.380. The van der Waals surface area contributed by atoms with Gasteiger partial charge in [-0.05, 0) is 49.9 Å². The average molecular weight is 539 g/mol. The Kier molecular flexibility index (Phi) is 9.92. The number of hydrogen-bond donors (Lipinski definition) is 1. The second kappa shape index (κ2) is 13.1. The first-order chi connectivity index (χ1) is 18.6. The molecule has 2 aromatic carbocycles. The largest absolute Gasteiger partial charge is 0.493 e. The zero-order chi connectivity index (χ0) is 28.7. The number of ether oxygens (including phenoxy) is 2. The molecule has 39 heavy (non-hydrogen) atoms. The minimum atomic E-state index is -0.615. The lowest BCUT2D eigenvalue weighted by molar-refractivity contribution is -0.131. The van der Waals surface area contributed by atoms with Crippen molar-refractivity contribution >= 4 is 22.7 Å². The zero-order valence-corrected chi connectivity index (χ0v) is 23.6. The summed E-state index contributed by atoms with van der Waals surface area (Å²) in [5, 5.41) is 3.12. The Labute approximate surface area is 228 Å². The van der Waals surface area contributed by atoms with Crippen LogP contribution >= 0.6 is 0 Å². The molecule has 1 N–H and O–H groups in total. The SMILES string of the molecule is CCN(CC)C(=O)Cn1c(=O)n(Cc2ccc(C(=O)NCCC(C)C)cc2)c(=O)c2cc(OC)c(OC)cc21. The molecule has 3 rings (SSSR count). The summed E-state index contributed by atoms with van der Waals surface area (Å²) >= 11 is 0. The predicted molar refractivity (Wildman–Crippen MR) is 151 cm³/mol. The molecule has 1 aromatic heterocycles. The highest BCUT2D eigenvalue weighted by Crippen LogP contribution is 2.30. The summed E-state index contributed by atoms with van der Waals surface area (Å²) in [6.07, 6.45) is 0.883. The van der Waals surface area contributed by atoms with Crippen LogP contribution < -0.4 is 26.0 Å². The second-order valence-corrected chi connectivity index (χ2v) is 9.69. The third-order valence-corrected chi connectivity index (χ3v) is 6.70. The van der Waals surface area contributed by atoms with E-state index in [4.69, 9.17) is 9.47 Å². The monoisotopic (exact) mass is 538 g/mol. The molecule has 0 saturated carbocycles. The lowest BCUT2D eigenvalue weighted by atomic mass is 10.1. The van der Waals surface area contributed by atoms with E-state index in [1.165, 1.54) is 24.9 Å². The van der Waals surface area contributed by atoms with Gasteiger partial charge < -0.3 is 19.7 Å². The van der Waals surface area contributed by atoms with Crippen molar-refractivity contribution in [1.82, 2.24) is 19.4 Å². The number of carbonyl (C=O) groups is 2. The van der Waals surface area contributed by atoms with E-state index in [1.54, 1.807) is 35.2 Å². The van der Waals surface area contributed by atoms with Crippen LogP contribution in [-0.2, 0) is 17.9 Å². The maximum atomic E-state index is 13.7. The van der Waals surface area contributed by atoms with Crippen LogP contribution in [0.2, 0.25) is 0 Å². The van der Waals surface area contributed by atoms with Gasteiger partial charge in [-0.15, -0.1) is 0 Å². The predicted octanol–water partition coefficient (Wildman–Crippen LogP) is 2.87. The zero-order valence-electron chi connectivity index (χ0n) is 23.6. The molecule has 1 heterocycles. The fraction of sp³-hybridized carbons (Fsp3) is 0.448. The van der Waals surface area contributed by atoms with E-state index in [0.717, 1.165) is 11.0 Å². The lowest BCUT2D eigenvalue weighted by Crippen LogP contribution is -2.43. The minimum absolute atomic E-state index is 0.0311. The Morgan fingerprint density at radius 1 is 0.949 bits per heavy atom. The van der Waals surface area contributed by atoms with Crippen molar-refractivity contribution in [3.05, 3.63) is 68.4 Å². The Bertz CT molecular complexity index is 1440. The summed E-state index contributed by atoms with van der Waals surface area (Å²) in [4.78, 5) is 54.3. The van der Waals surface area contributed by atoms with Crippen LogP contribution in [0.4, 0.5) is 0 Å². The van der Waals surface area contributed by atoms with Gasteiger partial charge in [0.2, 0.25) is 5.91 Å². The van der Waals surface area contributed by atoms with Crippen LogP contribution in [0.1, 0.15) is 50.0 Å². The van der Waals surface area contributed by atoms with Crippen molar-refractivity contribution in [1.29, 1.82) is 0 Å². The number of benzene rings is 2. The Hall–Kier alpha value is -4.08. The first kappa shape index (κ1) is 29.5. The second-order valence-electron chi connectivity index (χ2n) is 9.69. The molecule has 0 aliphatic heterocycles. The van der Waals surface area contributed by atoms with E-state index in [0.29, 0.717) is 48.2 Å². The number of nitrogens with one attached hydrogen (secondary N) is 1. The molecule has 0 fully saturated rings. The normalized spacial score (nSPS) is 11.1. The van der Waals surface area contributed by atoms with Crippen LogP contribution in [-0.4, -0.2) is 59.7 Å². The van der Waals surface area contributed by atoms with Gasteiger partial charge in [0.25, 0.3) is 11.5 Å². The molecule has 0 aliphatic rings. The third kappa shape index (κ3) is 6.68. The van der Waals surface area contributed by atoms with Gasteiger partial charge in [-0.1, -0.05) is 26.0 Å². The number of carbonyl (C=O) groups excluding carboxylic acids is 2. The maximum Gasteiger partial charge on any atom is 0.332 e. The number of rotatable bonds is 12. The van der Waals surface area contributed by atoms with Crippen LogP contribution in [0.25, 0.3) is 10.9 Å².